The lowest BCUT2D eigenvalue weighted by atomic mass is 10.4. The maximum atomic E-state index is 4.18. The molecule has 0 atom stereocenters. The standard InChI is InChI=1S/C13H18N4S.2ClH/c1-17-9-2-5-12(17)11-14-6-4-10-18-13-15-7-3-8-16-13;;/h2-3,5,7-9,14H,4,6,10-11H2,1H3;2*1H. The van der Waals surface area contributed by atoms with Gasteiger partial charge in [-0.15, -0.1) is 24.8 Å². The van der Waals surface area contributed by atoms with Crippen LogP contribution in [0.4, 0.5) is 0 Å². The molecule has 7 heteroatoms. The molecule has 0 amide bonds. The predicted molar refractivity (Wildman–Crippen MR) is 89.0 cm³/mol. The summed E-state index contributed by atoms with van der Waals surface area (Å²) < 4.78 is 2.14. The Morgan fingerprint density at radius 2 is 1.95 bits per heavy atom. The molecule has 20 heavy (non-hydrogen) atoms. The molecule has 0 bridgehead atoms. The van der Waals surface area contributed by atoms with E-state index in [9.17, 15) is 0 Å². The van der Waals surface area contributed by atoms with Crippen molar-refractivity contribution in [3.05, 3.63) is 42.5 Å². The lowest BCUT2D eigenvalue weighted by molar-refractivity contribution is 0.647. The molecule has 0 aromatic carbocycles. The number of nitrogens with zero attached hydrogens (tertiary/aromatic N) is 3. The molecule has 4 nitrogen and oxygen atoms in total. The van der Waals surface area contributed by atoms with Gasteiger partial charge >= 0.3 is 0 Å². The molecule has 0 unspecified atom stereocenters. The number of halogens is 2. The van der Waals surface area contributed by atoms with Gasteiger partial charge < -0.3 is 9.88 Å². The zero-order chi connectivity index (χ0) is 12.6. The van der Waals surface area contributed by atoms with E-state index in [2.05, 4.69) is 45.2 Å². The van der Waals surface area contributed by atoms with Gasteiger partial charge in [-0.05, 0) is 31.2 Å². The number of thioether (sulfide) groups is 1. The minimum absolute atomic E-state index is 0. The van der Waals surface area contributed by atoms with Crippen molar-refractivity contribution in [3.8, 4) is 0 Å². The highest BCUT2D eigenvalue weighted by atomic mass is 35.5. The maximum absolute atomic E-state index is 4.18. The van der Waals surface area contributed by atoms with Crippen molar-refractivity contribution in [1.82, 2.24) is 19.9 Å². The third-order valence-electron chi connectivity index (χ3n) is 2.63. The molecular formula is C13H20Cl2N4S. The molecule has 0 spiro atoms. The van der Waals surface area contributed by atoms with Crippen LogP contribution in [0.15, 0.2) is 41.9 Å². The highest BCUT2D eigenvalue weighted by Crippen LogP contribution is 2.11. The molecule has 0 fully saturated rings. The molecule has 2 aromatic rings. The van der Waals surface area contributed by atoms with Crippen LogP contribution in [0.25, 0.3) is 0 Å². The first kappa shape index (κ1) is 19.2. The first-order valence-corrected chi connectivity index (χ1v) is 7.05. The summed E-state index contributed by atoms with van der Waals surface area (Å²) in [6, 6.07) is 6.05. The smallest absolute Gasteiger partial charge is 0.187 e. The first-order valence-electron chi connectivity index (χ1n) is 6.07. The van der Waals surface area contributed by atoms with Gasteiger partial charge in [0, 0.05) is 43.6 Å². The molecule has 0 saturated heterocycles. The molecule has 2 heterocycles. The molecule has 1 N–H and O–H groups in total. The molecule has 0 radical (unpaired) electrons. The fourth-order valence-electron chi connectivity index (χ4n) is 1.62. The average molecular weight is 335 g/mol. The van der Waals surface area contributed by atoms with Gasteiger partial charge in [0.1, 0.15) is 0 Å². The Labute approximate surface area is 136 Å². The molecule has 0 aliphatic heterocycles. The zero-order valence-electron chi connectivity index (χ0n) is 11.4. The van der Waals surface area contributed by atoms with Gasteiger partial charge in [-0.3, -0.25) is 0 Å². The van der Waals surface area contributed by atoms with Crippen LogP contribution in [0.3, 0.4) is 0 Å². The minimum atomic E-state index is 0. The van der Waals surface area contributed by atoms with Crippen LogP contribution in [0.2, 0.25) is 0 Å². The second kappa shape index (κ2) is 11.0. The van der Waals surface area contributed by atoms with Gasteiger partial charge in [0.15, 0.2) is 5.16 Å². The predicted octanol–water partition coefficient (Wildman–Crippen LogP) is 2.93. The number of hydrogen-bond acceptors (Lipinski definition) is 4. The second-order valence-corrected chi connectivity index (χ2v) is 5.08. The quantitative estimate of drug-likeness (QED) is 0.480. The number of nitrogens with one attached hydrogen (secondary N) is 1. The van der Waals surface area contributed by atoms with Crippen molar-refractivity contribution in [2.24, 2.45) is 7.05 Å². The topological polar surface area (TPSA) is 42.7 Å². The van der Waals surface area contributed by atoms with Crippen molar-refractivity contribution in [1.29, 1.82) is 0 Å². The van der Waals surface area contributed by atoms with Crippen molar-refractivity contribution < 1.29 is 0 Å². The van der Waals surface area contributed by atoms with Gasteiger partial charge in [0.25, 0.3) is 0 Å². The SMILES string of the molecule is Cl.Cl.Cn1cccc1CNCCCSc1ncccn1. The van der Waals surface area contributed by atoms with Gasteiger partial charge in [-0.2, -0.15) is 0 Å². The highest BCUT2D eigenvalue weighted by Gasteiger charge is 1.97. The second-order valence-electron chi connectivity index (χ2n) is 4.02. The summed E-state index contributed by atoms with van der Waals surface area (Å²) in [6.45, 7) is 1.95. The molecule has 0 aliphatic rings. The van der Waals surface area contributed by atoms with E-state index in [1.54, 1.807) is 24.2 Å². The van der Waals surface area contributed by atoms with E-state index >= 15 is 0 Å². The highest BCUT2D eigenvalue weighted by molar-refractivity contribution is 7.99. The fourth-order valence-corrected chi connectivity index (χ4v) is 2.36. The third kappa shape index (κ3) is 6.61. The van der Waals surface area contributed by atoms with Gasteiger partial charge in [0.2, 0.25) is 0 Å². The number of aryl methyl sites for hydroxylation is 1. The van der Waals surface area contributed by atoms with E-state index in [1.807, 2.05) is 6.07 Å². The molecule has 2 rings (SSSR count). The summed E-state index contributed by atoms with van der Waals surface area (Å²) in [4.78, 5) is 8.35. The maximum Gasteiger partial charge on any atom is 0.187 e. The van der Waals surface area contributed by atoms with Crippen molar-refractivity contribution >= 4 is 36.6 Å². The average Bonchev–Trinajstić information content (AvgIpc) is 2.81. The van der Waals surface area contributed by atoms with Crippen LogP contribution in [-0.4, -0.2) is 26.8 Å². The summed E-state index contributed by atoms with van der Waals surface area (Å²) in [5.41, 5.74) is 1.31. The molecule has 2 aromatic heterocycles. The Bertz CT molecular complexity index is 464. The van der Waals surface area contributed by atoms with E-state index in [1.165, 1.54) is 5.69 Å². The van der Waals surface area contributed by atoms with Crippen molar-refractivity contribution in [2.75, 3.05) is 12.3 Å². The molecular weight excluding hydrogens is 315 g/mol. The first-order chi connectivity index (χ1) is 8.86. The molecule has 112 valence electrons. The fraction of sp³-hybridized carbons (Fsp3) is 0.385. The Morgan fingerprint density at radius 3 is 2.60 bits per heavy atom. The molecule has 0 saturated carbocycles. The third-order valence-corrected chi connectivity index (χ3v) is 3.59. The van der Waals surface area contributed by atoms with E-state index in [0.717, 1.165) is 30.4 Å². The monoisotopic (exact) mass is 334 g/mol. The van der Waals surface area contributed by atoms with E-state index in [-0.39, 0.29) is 24.8 Å². The summed E-state index contributed by atoms with van der Waals surface area (Å²) in [5.74, 6) is 1.05. The van der Waals surface area contributed by atoms with Gasteiger partial charge in [0.05, 0.1) is 0 Å². The van der Waals surface area contributed by atoms with Crippen molar-refractivity contribution in [3.63, 3.8) is 0 Å². The van der Waals surface area contributed by atoms with Crippen LogP contribution >= 0.6 is 36.6 Å². The summed E-state index contributed by atoms with van der Waals surface area (Å²) in [6.07, 6.45) is 6.75. The Hall–Kier alpha value is -0.750. The lowest BCUT2D eigenvalue weighted by Crippen LogP contribution is -2.17. The number of aromatic nitrogens is 3. The van der Waals surface area contributed by atoms with Crippen LogP contribution in [-0.2, 0) is 13.6 Å². The van der Waals surface area contributed by atoms with Crippen LogP contribution in [0.5, 0.6) is 0 Å². The summed E-state index contributed by atoms with van der Waals surface area (Å²) in [5, 5.41) is 4.30. The van der Waals surface area contributed by atoms with E-state index in [4.69, 9.17) is 0 Å². The van der Waals surface area contributed by atoms with Crippen molar-refractivity contribution in [2.45, 2.75) is 18.1 Å². The van der Waals surface area contributed by atoms with Crippen LogP contribution in [0, 0.1) is 0 Å². The van der Waals surface area contributed by atoms with Gasteiger partial charge in [-0.25, -0.2) is 9.97 Å². The number of hydrogen-bond donors (Lipinski definition) is 1. The molecule has 0 aliphatic carbocycles. The van der Waals surface area contributed by atoms with Crippen LogP contribution < -0.4 is 5.32 Å². The lowest BCUT2D eigenvalue weighted by Gasteiger charge is -2.05. The normalized spacial score (nSPS) is 9.65. The zero-order valence-corrected chi connectivity index (χ0v) is 13.8. The summed E-state index contributed by atoms with van der Waals surface area (Å²) in [7, 11) is 2.07. The van der Waals surface area contributed by atoms with Gasteiger partial charge in [-0.1, -0.05) is 11.8 Å². The Balaban J connectivity index is 0.00000180. The Kier molecular flexibility index (Phi) is 10.6. The number of rotatable bonds is 7. The van der Waals surface area contributed by atoms with E-state index in [0.29, 0.717) is 0 Å². The van der Waals surface area contributed by atoms with E-state index < -0.39 is 0 Å². The minimum Gasteiger partial charge on any atom is -0.353 e. The Morgan fingerprint density at radius 1 is 1.20 bits per heavy atom. The summed E-state index contributed by atoms with van der Waals surface area (Å²) >= 11 is 1.70. The largest absolute Gasteiger partial charge is 0.353 e. The van der Waals surface area contributed by atoms with Crippen LogP contribution in [0.1, 0.15) is 12.1 Å².